The molecule has 1 aromatic carbocycles. The quantitative estimate of drug-likeness (QED) is 0.666. The van der Waals surface area contributed by atoms with E-state index in [0.717, 1.165) is 5.56 Å². The number of nitrogens with zero attached hydrogens (tertiary/aromatic N) is 2. The number of para-hydroxylation sites is 1. The van der Waals surface area contributed by atoms with Crippen LogP contribution in [0.15, 0.2) is 53.9 Å². The molecule has 1 aromatic heterocycles. The number of aromatic nitrogens is 1. The van der Waals surface area contributed by atoms with Gasteiger partial charge in [-0.3, -0.25) is 9.78 Å². The molecule has 0 aliphatic carbocycles. The average molecular weight is 273 g/mol. The van der Waals surface area contributed by atoms with Crippen LogP contribution in [0.1, 0.15) is 5.56 Å². The molecule has 2 rings (SSSR count). The Morgan fingerprint density at radius 3 is 2.95 bits per heavy atom. The first kappa shape index (κ1) is 13.7. The average Bonchev–Trinajstić information content (AvgIpc) is 2.47. The van der Waals surface area contributed by atoms with Crippen LogP contribution in [0.3, 0.4) is 0 Å². The SMILES string of the molecule is O=C(COc1ccccc1F)N/N=C\c1cccnc1. The number of carbonyl (C=O) groups excluding carboxylic acids is 1. The molecule has 0 aliphatic heterocycles. The molecule has 102 valence electrons. The zero-order valence-electron chi connectivity index (χ0n) is 10.5. The summed E-state index contributed by atoms with van der Waals surface area (Å²) in [5, 5.41) is 3.74. The van der Waals surface area contributed by atoms with Gasteiger partial charge in [-0.15, -0.1) is 0 Å². The fourth-order valence-electron chi connectivity index (χ4n) is 1.37. The standard InChI is InChI=1S/C14H12FN3O2/c15-12-5-1-2-6-13(12)20-10-14(19)18-17-9-11-4-3-7-16-8-11/h1-9H,10H2,(H,18,19)/b17-9-. The number of nitrogens with one attached hydrogen (secondary N) is 1. The zero-order chi connectivity index (χ0) is 14.2. The van der Waals surface area contributed by atoms with Crippen LogP contribution in [-0.4, -0.2) is 23.7 Å². The summed E-state index contributed by atoms with van der Waals surface area (Å²) in [6, 6.07) is 9.41. The molecule has 1 heterocycles. The monoisotopic (exact) mass is 273 g/mol. The van der Waals surface area contributed by atoms with Crippen LogP contribution < -0.4 is 10.2 Å². The van der Waals surface area contributed by atoms with Gasteiger partial charge in [0, 0.05) is 18.0 Å². The summed E-state index contributed by atoms with van der Waals surface area (Å²) in [6.07, 6.45) is 4.69. The lowest BCUT2D eigenvalue weighted by Crippen LogP contribution is -2.24. The summed E-state index contributed by atoms with van der Waals surface area (Å²) >= 11 is 0. The number of hydrogen-bond acceptors (Lipinski definition) is 4. The molecule has 6 heteroatoms. The first-order chi connectivity index (χ1) is 9.75. The van der Waals surface area contributed by atoms with Gasteiger partial charge in [-0.1, -0.05) is 18.2 Å². The number of ether oxygens (including phenoxy) is 1. The van der Waals surface area contributed by atoms with Crippen LogP contribution in [0.2, 0.25) is 0 Å². The largest absolute Gasteiger partial charge is 0.481 e. The minimum absolute atomic E-state index is 0.0267. The van der Waals surface area contributed by atoms with Gasteiger partial charge in [0.15, 0.2) is 18.2 Å². The Morgan fingerprint density at radius 1 is 1.35 bits per heavy atom. The number of rotatable bonds is 5. The van der Waals surface area contributed by atoms with E-state index in [0.29, 0.717) is 0 Å². The highest BCUT2D eigenvalue weighted by molar-refractivity contribution is 5.82. The second kappa shape index (κ2) is 6.98. The van der Waals surface area contributed by atoms with Crippen LogP contribution in [0.25, 0.3) is 0 Å². The molecule has 0 aliphatic rings. The molecular formula is C14H12FN3O2. The van der Waals surface area contributed by atoms with Gasteiger partial charge in [0.05, 0.1) is 6.21 Å². The second-order valence-corrected chi connectivity index (χ2v) is 3.80. The van der Waals surface area contributed by atoms with Gasteiger partial charge in [0.2, 0.25) is 0 Å². The van der Waals surface area contributed by atoms with Crippen molar-refractivity contribution in [1.29, 1.82) is 0 Å². The first-order valence-corrected chi connectivity index (χ1v) is 5.85. The van der Waals surface area contributed by atoms with Gasteiger partial charge in [0.1, 0.15) is 0 Å². The van der Waals surface area contributed by atoms with Gasteiger partial charge < -0.3 is 4.74 Å². The van der Waals surface area contributed by atoms with E-state index in [4.69, 9.17) is 4.74 Å². The van der Waals surface area contributed by atoms with Crippen molar-refractivity contribution in [3.8, 4) is 5.75 Å². The predicted octanol–water partition coefficient (Wildman–Crippen LogP) is 1.75. The molecule has 0 saturated carbocycles. The Morgan fingerprint density at radius 2 is 2.20 bits per heavy atom. The van der Waals surface area contributed by atoms with Crippen molar-refractivity contribution >= 4 is 12.1 Å². The number of benzene rings is 1. The molecular weight excluding hydrogens is 261 g/mol. The number of pyridine rings is 1. The fourth-order valence-corrected chi connectivity index (χ4v) is 1.37. The predicted molar refractivity (Wildman–Crippen MR) is 71.9 cm³/mol. The van der Waals surface area contributed by atoms with Gasteiger partial charge in [-0.25, -0.2) is 9.82 Å². The zero-order valence-corrected chi connectivity index (χ0v) is 10.5. The maximum atomic E-state index is 13.2. The summed E-state index contributed by atoms with van der Waals surface area (Å²) in [6.45, 7) is -0.314. The smallest absolute Gasteiger partial charge is 0.277 e. The van der Waals surface area contributed by atoms with E-state index < -0.39 is 11.7 Å². The summed E-state index contributed by atoms with van der Waals surface area (Å²) in [7, 11) is 0. The van der Waals surface area contributed by atoms with Crippen LogP contribution in [0, 0.1) is 5.82 Å². The number of amides is 1. The molecule has 0 spiro atoms. The third-order valence-corrected chi connectivity index (χ3v) is 2.28. The summed E-state index contributed by atoms with van der Waals surface area (Å²) < 4.78 is 18.2. The van der Waals surface area contributed by atoms with Crippen molar-refractivity contribution in [3.05, 3.63) is 60.2 Å². The molecule has 0 unspecified atom stereocenters. The highest BCUT2D eigenvalue weighted by atomic mass is 19.1. The van der Waals surface area contributed by atoms with E-state index in [1.54, 1.807) is 36.7 Å². The summed E-state index contributed by atoms with van der Waals surface area (Å²) in [5.41, 5.74) is 3.03. The molecule has 5 nitrogen and oxygen atoms in total. The number of carbonyl (C=O) groups is 1. The van der Waals surface area contributed by atoms with Crippen molar-refractivity contribution in [1.82, 2.24) is 10.4 Å². The van der Waals surface area contributed by atoms with Crippen molar-refractivity contribution in [2.75, 3.05) is 6.61 Å². The van der Waals surface area contributed by atoms with Gasteiger partial charge >= 0.3 is 0 Å². The maximum Gasteiger partial charge on any atom is 0.277 e. The number of halogens is 1. The molecule has 0 fully saturated rings. The second-order valence-electron chi connectivity index (χ2n) is 3.80. The van der Waals surface area contributed by atoms with E-state index in [1.165, 1.54) is 18.3 Å². The van der Waals surface area contributed by atoms with Crippen molar-refractivity contribution < 1.29 is 13.9 Å². The van der Waals surface area contributed by atoms with E-state index in [-0.39, 0.29) is 12.4 Å². The van der Waals surface area contributed by atoms with E-state index in [9.17, 15) is 9.18 Å². The normalized spacial score (nSPS) is 10.4. The van der Waals surface area contributed by atoms with Crippen LogP contribution in [0.5, 0.6) is 5.75 Å². The molecule has 0 bridgehead atoms. The molecule has 0 atom stereocenters. The Kier molecular flexibility index (Phi) is 4.77. The Bertz CT molecular complexity index is 602. The highest BCUT2D eigenvalue weighted by Crippen LogP contribution is 2.14. The lowest BCUT2D eigenvalue weighted by Gasteiger charge is -2.05. The minimum Gasteiger partial charge on any atom is -0.481 e. The van der Waals surface area contributed by atoms with Crippen LogP contribution in [-0.2, 0) is 4.79 Å². The molecule has 0 saturated heterocycles. The number of hydrazone groups is 1. The van der Waals surface area contributed by atoms with E-state index in [1.807, 2.05) is 0 Å². The lowest BCUT2D eigenvalue weighted by atomic mass is 10.3. The third kappa shape index (κ3) is 4.16. The van der Waals surface area contributed by atoms with Crippen molar-refractivity contribution in [2.45, 2.75) is 0 Å². The molecule has 1 amide bonds. The molecule has 0 radical (unpaired) electrons. The highest BCUT2D eigenvalue weighted by Gasteiger charge is 2.04. The first-order valence-electron chi connectivity index (χ1n) is 5.85. The van der Waals surface area contributed by atoms with Crippen molar-refractivity contribution in [3.63, 3.8) is 0 Å². The molecule has 1 N–H and O–H groups in total. The van der Waals surface area contributed by atoms with Crippen molar-refractivity contribution in [2.24, 2.45) is 5.10 Å². The Balaban J connectivity index is 1.79. The number of hydrogen-bond donors (Lipinski definition) is 1. The van der Waals surface area contributed by atoms with Gasteiger partial charge in [-0.05, 0) is 18.2 Å². The van der Waals surface area contributed by atoms with E-state index >= 15 is 0 Å². The Labute approximate surface area is 115 Å². The fraction of sp³-hybridized carbons (Fsp3) is 0.0714. The molecule has 20 heavy (non-hydrogen) atoms. The Hall–Kier alpha value is -2.76. The topological polar surface area (TPSA) is 63.6 Å². The summed E-state index contributed by atoms with van der Waals surface area (Å²) in [4.78, 5) is 15.3. The van der Waals surface area contributed by atoms with Gasteiger partial charge in [-0.2, -0.15) is 5.10 Å². The van der Waals surface area contributed by atoms with E-state index in [2.05, 4.69) is 15.5 Å². The third-order valence-electron chi connectivity index (χ3n) is 2.28. The van der Waals surface area contributed by atoms with Crippen LogP contribution in [0.4, 0.5) is 4.39 Å². The van der Waals surface area contributed by atoms with Crippen LogP contribution >= 0.6 is 0 Å². The summed E-state index contributed by atoms with van der Waals surface area (Å²) in [5.74, 6) is -0.966. The maximum absolute atomic E-state index is 13.2. The minimum atomic E-state index is -0.515. The lowest BCUT2D eigenvalue weighted by molar-refractivity contribution is -0.123. The molecule has 2 aromatic rings. The van der Waals surface area contributed by atoms with Gasteiger partial charge in [0.25, 0.3) is 5.91 Å².